The summed E-state index contributed by atoms with van der Waals surface area (Å²) in [4.78, 5) is 13.7. The third kappa shape index (κ3) is 2.12. The third-order valence-corrected chi connectivity index (χ3v) is 4.26. The van der Waals surface area contributed by atoms with E-state index in [0.29, 0.717) is 6.04 Å². The number of benzene rings is 1. The van der Waals surface area contributed by atoms with Crippen molar-refractivity contribution in [2.24, 2.45) is 5.73 Å². The van der Waals surface area contributed by atoms with E-state index in [4.69, 9.17) is 5.73 Å². The van der Waals surface area contributed by atoms with Gasteiger partial charge in [-0.1, -0.05) is 6.92 Å². The van der Waals surface area contributed by atoms with E-state index in [0.717, 1.165) is 27.8 Å². The fourth-order valence-corrected chi connectivity index (χ4v) is 2.72. The molecule has 0 bridgehead atoms. The van der Waals surface area contributed by atoms with Gasteiger partial charge in [-0.3, -0.25) is 4.79 Å². The average Bonchev–Trinajstić information content (AvgIpc) is 2.63. The number of anilines is 2. The van der Waals surface area contributed by atoms with E-state index < -0.39 is 6.04 Å². The Bertz CT molecular complexity index is 489. The molecule has 0 aliphatic carbocycles. The number of fused-ring (bicyclic) bond motifs is 1. The van der Waals surface area contributed by atoms with Crippen LogP contribution in [0.25, 0.3) is 0 Å². The van der Waals surface area contributed by atoms with Gasteiger partial charge in [0.2, 0.25) is 5.91 Å². The van der Waals surface area contributed by atoms with Crippen LogP contribution < -0.4 is 16.0 Å². The maximum Gasteiger partial charge on any atom is 0.245 e. The molecular weight excluding hydrogens is 294 g/mol. The van der Waals surface area contributed by atoms with Gasteiger partial charge in [-0.05, 0) is 41.4 Å². The molecule has 2 atom stereocenters. The van der Waals surface area contributed by atoms with Gasteiger partial charge in [0.1, 0.15) is 6.04 Å². The van der Waals surface area contributed by atoms with Crippen LogP contribution in [0.5, 0.6) is 0 Å². The zero-order valence-electron chi connectivity index (χ0n) is 10.8. The highest BCUT2D eigenvalue weighted by Crippen LogP contribution is 2.38. The van der Waals surface area contributed by atoms with E-state index in [1.807, 2.05) is 12.1 Å². The van der Waals surface area contributed by atoms with Crippen LogP contribution in [0.2, 0.25) is 0 Å². The number of nitrogens with zero attached hydrogens (tertiary/aromatic N) is 1. The monoisotopic (exact) mass is 311 g/mol. The molecule has 18 heavy (non-hydrogen) atoms. The molecule has 2 rings (SSSR count). The summed E-state index contributed by atoms with van der Waals surface area (Å²) in [6.45, 7) is 4.32. The van der Waals surface area contributed by atoms with E-state index in [2.05, 4.69) is 47.0 Å². The number of carbonyl (C=O) groups excluding carboxylic acids is 1. The van der Waals surface area contributed by atoms with Crippen LogP contribution in [0, 0.1) is 0 Å². The van der Waals surface area contributed by atoms with Gasteiger partial charge in [0, 0.05) is 28.8 Å². The van der Waals surface area contributed by atoms with Crippen molar-refractivity contribution >= 4 is 33.2 Å². The highest BCUT2D eigenvalue weighted by atomic mass is 79.9. The van der Waals surface area contributed by atoms with Gasteiger partial charge in [0.15, 0.2) is 0 Å². The Kier molecular flexibility index (Phi) is 3.64. The van der Waals surface area contributed by atoms with Crippen LogP contribution in [0.3, 0.4) is 0 Å². The van der Waals surface area contributed by atoms with Crippen molar-refractivity contribution in [2.45, 2.75) is 32.4 Å². The lowest BCUT2D eigenvalue weighted by molar-refractivity contribution is -0.116. The van der Waals surface area contributed by atoms with E-state index in [1.165, 1.54) is 0 Å². The van der Waals surface area contributed by atoms with E-state index in [9.17, 15) is 4.79 Å². The Hall–Kier alpha value is -1.07. The Morgan fingerprint density at radius 3 is 2.83 bits per heavy atom. The molecule has 0 saturated heterocycles. The third-order valence-electron chi connectivity index (χ3n) is 3.63. The Balaban J connectivity index is 2.41. The average molecular weight is 312 g/mol. The topological polar surface area (TPSA) is 58.4 Å². The number of nitrogens with one attached hydrogen (secondary N) is 1. The predicted octanol–water partition coefficient (Wildman–Crippen LogP) is 2.64. The molecule has 1 aliphatic heterocycles. The summed E-state index contributed by atoms with van der Waals surface area (Å²) in [7, 11) is 2.05. The normalized spacial score (nSPS) is 19.4. The first kappa shape index (κ1) is 13.4. The molecule has 2 unspecified atom stereocenters. The van der Waals surface area contributed by atoms with Crippen LogP contribution in [-0.2, 0) is 4.79 Å². The first-order valence-corrected chi connectivity index (χ1v) is 6.87. The number of halogens is 1. The fraction of sp³-hybridized carbons (Fsp3) is 0.462. The van der Waals surface area contributed by atoms with Gasteiger partial charge in [0.05, 0.1) is 5.69 Å². The summed E-state index contributed by atoms with van der Waals surface area (Å²) in [5, 5.41) is 2.82. The Labute approximate surface area is 116 Å². The summed E-state index contributed by atoms with van der Waals surface area (Å²) in [6.07, 6.45) is 1.06. The molecule has 0 spiro atoms. The number of rotatable bonds is 3. The Morgan fingerprint density at radius 2 is 2.22 bits per heavy atom. The minimum atomic E-state index is -0.556. The number of carbonyl (C=O) groups is 1. The van der Waals surface area contributed by atoms with Gasteiger partial charge in [-0.25, -0.2) is 0 Å². The summed E-state index contributed by atoms with van der Waals surface area (Å²) in [5.41, 5.74) is 8.57. The van der Waals surface area contributed by atoms with Gasteiger partial charge < -0.3 is 16.0 Å². The van der Waals surface area contributed by atoms with Gasteiger partial charge in [-0.2, -0.15) is 0 Å². The maximum atomic E-state index is 11.5. The first-order valence-electron chi connectivity index (χ1n) is 6.08. The van der Waals surface area contributed by atoms with Crippen molar-refractivity contribution in [3.63, 3.8) is 0 Å². The fourth-order valence-electron chi connectivity index (χ4n) is 2.08. The molecule has 0 saturated carbocycles. The molecule has 5 heteroatoms. The molecule has 3 N–H and O–H groups in total. The van der Waals surface area contributed by atoms with E-state index in [-0.39, 0.29) is 5.91 Å². The molecule has 98 valence electrons. The molecule has 1 aliphatic rings. The van der Waals surface area contributed by atoms with Crippen LogP contribution in [0.15, 0.2) is 16.6 Å². The van der Waals surface area contributed by atoms with Crippen LogP contribution in [0.1, 0.15) is 31.9 Å². The van der Waals surface area contributed by atoms with Crippen molar-refractivity contribution in [3.8, 4) is 0 Å². The van der Waals surface area contributed by atoms with Gasteiger partial charge in [0.25, 0.3) is 0 Å². The maximum absolute atomic E-state index is 11.5. The summed E-state index contributed by atoms with van der Waals surface area (Å²) in [6, 6.07) is 3.80. The molecule has 1 aromatic carbocycles. The second-order valence-electron chi connectivity index (χ2n) is 4.73. The smallest absolute Gasteiger partial charge is 0.245 e. The quantitative estimate of drug-likeness (QED) is 0.902. The minimum Gasteiger partial charge on any atom is -0.371 e. The van der Waals surface area contributed by atoms with Crippen LogP contribution >= 0.6 is 15.9 Å². The number of amides is 1. The van der Waals surface area contributed by atoms with Crippen LogP contribution in [0.4, 0.5) is 11.4 Å². The lowest BCUT2D eigenvalue weighted by atomic mass is 10.1. The zero-order chi connectivity index (χ0) is 13.4. The van der Waals surface area contributed by atoms with Crippen molar-refractivity contribution in [2.75, 3.05) is 17.3 Å². The van der Waals surface area contributed by atoms with Gasteiger partial charge in [-0.15, -0.1) is 0 Å². The lowest BCUT2D eigenvalue weighted by Gasteiger charge is -2.27. The zero-order valence-corrected chi connectivity index (χ0v) is 12.4. The second-order valence-corrected chi connectivity index (χ2v) is 5.58. The highest BCUT2D eigenvalue weighted by molar-refractivity contribution is 9.10. The molecular formula is C13H18BrN3O. The van der Waals surface area contributed by atoms with E-state index >= 15 is 0 Å². The van der Waals surface area contributed by atoms with Crippen LogP contribution in [-0.4, -0.2) is 19.0 Å². The molecule has 1 aromatic rings. The molecule has 4 nitrogen and oxygen atoms in total. The van der Waals surface area contributed by atoms with Crippen molar-refractivity contribution < 1.29 is 4.79 Å². The highest BCUT2D eigenvalue weighted by Gasteiger charge is 2.28. The van der Waals surface area contributed by atoms with Crippen molar-refractivity contribution in [1.82, 2.24) is 0 Å². The minimum absolute atomic E-state index is 0.139. The number of nitrogens with two attached hydrogens (primary N) is 1. The largest absolute Gasteiger partial charge is 0.371 e. The summed E-state index contributed by atoms with van der Waals surface area (Å²) >= 11 is 3.56. The molecule has 0 aromatic heterocycles. The molecule has 1 amide bonds. The number of hydrogen-bond donors (Lipinski definition) is 2. The second kappa shape index (κ2) is 4.90. The summed E-state index contributed by atoms with van der Waals surface area (Å²) < 4.78 is 0.969. The molecule has 0 fully saturated rings. The molecule has 1 heterocycles. The standard InChI is InChI=1S/C13H18BrN3O/c1-4-7(2)17(3)11-6-10-8(5-9(11)14)12(15)13(18)16-10/h5-7,12H,4,15H2,1-3H3,(H,16,18). The first-order chi connectivity index (χ1) is 8.45. The van der Waals surface area contributed by atoms with Gasteiger partial charge >= 0.3 is 0 Å². The molecule has 0 radical (unpaired) electrons. The Morgan fingerprint density at radius 1 is 1.56 bits per heavy atom. The number of hydrogen-bond acceptors (Lipinski definition) is 3. The van der Waals surface area contributed by atoms with Crippen molar-refractivity contribution in [3.05, 3.63) is 22.2 Å². The predicted molar refractivity (Wildman–Crippen MR) is 77.9 cm³/mol. The summed E-state index contributed by atoms with van der Waals surface area (Å²) in [5.74, 6) is -0.139. The van der Waals surface area contributed by atoms with E-state index in [1.54, 1.807) is 0 Å². The van der Waals surface area contributed by atoms with Crippen molar-refractivity contribution in [1.29, 1.82) is 0 Å². The lowest BCUT2D eigenvalue weighted by Crippen LogP contribution is -2.28. The SMILES string of the molecule is CCC(C)N(C)c1cc2c(cc1Br)C(N)C(=O)N2.